The molecular weight excluding hydrogens is 775 g/mol. The van der Waals surface area contributed by atoms with Crippen molar-refractivity contribution in [3.05, 3.63) is 60.8 Å². The largest absolute Gasteiger partial charge is 0.472 e. The van der Waals surface area contributed by atoms with Crippen LogP contribution in [0.1, 0.15) is 155 Å². The lowest BCUT2D eigenvalue weighted by Gasteiger charge is -2.20. The van der Waals surface area contributed by atoms with E-state index in [4.69, 9.17) is 19.1 Å². The number of esters is 2. The third-order valence-corrected chi connectivity index (χ3v) is 10.8. The Balaban J connectivity index is 2.43. The fourth-order valence-corrected chi connectivity index (χ4v) is 7.10. The van der Waals surface area contributed by atoms with Gasteiger partial charge in [0, 0.05) is 18.8 Å². The summed E-state index contributed by atoms with van der Waals surface area (Å²) >= 11 is 0. The summed E-state index contributed by atoms with van der Waals surface area (Å²) in [5.41, 5.74) is 0. The molecule has 338 valence electrons. The Morgan fingerprint density at radius 3 is 2.03 bits per heavy atom. The number of carbonyl (C=O) groups excluding carboxylic acids is 3. The molecule has 0 aromatic heterocycles. The number of hydrogen-bond acceptors (Lipinski definition) is 11. The van der Waals surface area contributed by atoms with Gasteiger partial charge in [-0.05, 0) is 76.2 Å². The molecule has 0 spiro atoms. The third-order valence-electron chi connectivity index (χ3n) is 9.89. The smallest absolute Gasteiger partial charge is 0.462 e. The monoisotopic (exact) mass is 853 g/mol. The zero-order chi connectivity index (χ0) is 43.4. The average Bonchev–Trinajstić information content (AvgIpc) is 3.57. The molecule has 0 radical (unpaired) electrons. The maximum Gasteiger partial charge on any atom is 0.472 e. The van der Waals surface area contributed by atoms with Crippen molar-refractivity contribution in [3.63, 3.8) is 0 Å². The van der Waals surface area contributed by atoms with E-state index in [0.717, 1.165) is 57.8 Å². The van der Waals surface area contributed by atoms with Crippen LogP contribution < -0.4 is 0 Å². The van der Waals surface area contributed by atoms with E-state index in [0.29, 0.717) is 32.1 Å². The standard InChI is InChI=1S/C46H77O12P/c1-3-5-7-8-9-10-11-12-13-14-15-16-17-18-19-20-25-29-45(51)55-37-42(38-57-59(53,54)56-36-41(49)35-47)58-46(52)30-26-22-21-24-27-39-31-34-44(50)43(39)33-32-40(48)28-23-6-4-2/h9-10,12-13,21,24,31-34,39-43,47-49H,3-8,11,14-20,22-23,25-30,35-38H2,1-2H3,(H,53,54)/b10-9-,13-12-,24-21-,33-32+/t39-,40-,41-,42+,43+/m0/s1. The number of unbranched alkanes of at least 4 members (excludes halogenated alkanes) is 13. The van der Waals surface area contributed by atoms with Gasteiger partial charge in [0.2, 0.25) is 0 Å². The van der Waals surface area contributed by atoms with Gasteiger partial charge in [0.25, 0.3) is 0 Å². The van der Waals surface area contributed by atoms with Crippen molar-refractivity contribution in [2.24, 2.45) is 11.8 Å². The van der Waals surface area contributed by atoms with Crippen LogP contribution in [0.5, 0.6) is 0 Å². The van der Waals surface area contributed by atoms with Gasteiger partial charge in [-0.15, -0.1) is 0 Å². The molecule has 1 unspecified atom stereocenters. The minimum Gasteiger partial charge on any atom is -0.462 e. The Kier molecular flexibility index (Phi) is 33.1. The predicted molar refractivity (Wildman–Crippen MR) is 232 cm³/mol. The van der Waals surface area contributed by atoms with E-state index in [1.54, 1.807) is 12.2 Å². The molecular formula is C46H77O12P. The number of ketones is 1. The molecule has 0 aliphatic heterocycles. The van der Waals surface area contributed by atoms with Crippen molar-refractivity contribution in [2.75, 3.05) is 26.4 Å². The molecule has 0 aromatic rings. The number of hydrogen-bond donors (Lipinski definition) is 4. The fourth-order valence-electron chi connectivity index (χ4n) is 6.31. The van der Waals surface area contributed by atoms with Crippen LogP contribution in [-0.2, 0) is 37.5 Å². The normalized spacial score (nSPS) is 18.4. The highest BCUT2D eigenvalue weighted by Crippen LogP contribution is 2.43. The first-order chi connectivity index (χ1) is 28.5. The van der Waals surface area contributed by atoms with Gasteiger partial charge in [-0.2, -0.15) is 0 Å². The Bertz CT molecular complexity index is 1310. The second-order valence-electron chi connectivity index (χ2n) is 15.4. The van der Waals surface area contributed by atoms with E-state index in [9.17, 15) is 34.1 Å². The molecule has 0 heterocycles. The van der Waals surface area contributed by atoms with Gasteiger partial charge in [-0.3, -0.25) is 23.4 Å². The minimum absolute atomic E-state index is 0.00455. The number of phosphoric acid groups is 1. The van der Waals surface area contributed by atoms with Gasteiger partial charge < -0.3 is 29.7 Å². The van der Waals surface area contributed by atoms with Crippen molar-refractivity contribution >= 4 is 25.5 Å². The average molecular weight is 853 g/mol. The molecule has 0 amide bonds. The van der Waals surface area contributed by atoms with E-state index in [1.807, 2.05) is 24.3 Å². The molecule has 0 saturated heterocycles. The summed E-state index contributed by atoms with van der Waals surface area (Å²) in [6, 6.07) is 0. The molecule has 4 N–H and O–H groups in total. The van der Waals surface area contributed by atoms with Gasteiger partial charge in [-0.1, -0.05) is 133 Å². The number of allylic oxidation sites excluding steroid dienone is 9. The number of rotatable bonds is 38. The Hall–Kier alpha value is -2.70. The maximum atomic E-state index is 12.7. The van der Waals surface area contributed by atoms with Crippen LogP contribution in [-0.4, -0.2) is 82.7 Å². The van der Waals surface area contributed by atoms with Crippen LogP contribution in [0.2, 0.25) is 0 Å². The van der Waals surface area contributed by atoms with Crippen LogP contribution in [0.4, 0.5) is 0 Å². The zero-order valence-corrected chi connectivity index (χ0v) is 36.9. The lowest BCUT2D eigenvalue weighted by atomic mass is 9.90. The number of aliphatic hydroxyl groups excluding tert-OH is 3. The van der Waals surface area contributed by atoms with E-state index in [2.05, 4.69) is 42.7 Å². The van der Waals surface area contributed by atoms with Crippen molar-refractivity contribution in [1.82, 2.24) is 0 Å². The lowest BCUT2D eigenvalue weighted by molar-refractivity contribution is -0.161. The van der Waals surface area contributed by atoms with E-state index in [1.165, 1.54) is 38.5 Å². The highest BCUT2D eigenvalue weighted by molar-refractivity contribution is 7.47. The van der Waals surface area contributed by atoms with Gasteiger partial charge in [-0.25, -0.2) is 4.57 Å². The van der Waals surface area contributed by atoms with Crippen LogP contribution in [0.15, 0.2) is 60.8 Å². The van der Waals surface area contributed by atoms with Crippen molar-refractivity contribution in [2.45, 2.75) is 173 Å². The molecule has 1 aliphatic rings. The molecule has 1 rings (SSSR count). The minimum atomic E-state index is -4.68. The predicted octanol–water partition coefficient (Wildman–Crippen LogP) is 9.51. The lowest BCUT2D eigenvalue weighted by Crippen LogP contribution is -2.29. The van der Waals surface area contributed by atoms with Gasteiger partial charge in [0.1, 0.15) is 12.7 Å². The molecule has 13 heteroatoms. The molecule has 0 fully saturated rings. The summed E-state index contributed by atoms with van der Waals surface area (Å²) in [5.74, 6) is -1.38. The summed E-state index contributed by atoms with van der Waals surface area (Å²) in [6.07, 6.45) is 36.7. The second kappa shape index (κ2) is 36.0. The second-order valence-corrected chi connectivity index (χ2v) is 16.8. The highest BCUT2D eigenvalue weighted by atomic mass is 31.2. The summed E-state index contributed by atoms with van der Waals surface area (Å²) in [7, 11) is -4.68. The molecule has 6 atom stereocenters. The molecule has 0 aromatic carbocycles. The molecule has 12 nitrogen and oxygen atoms in total. The zero-order valence-electron chi connectivity index (χ0n) is 36.0. The molecule has 59 heavy (non-hydrogen) atoms. The van der Waals surface area contributed by atoms with Crippen molar-refractivity contribution in [3.8, 4) is 0 Å². The van der Waals surface area contributed by atoms with E-state index in [-0.39, 0.29) is 37.1 Å². The maximum absolute atomic E-state index is 12.7. The topological polar surface area (TPSA) is 186 Å². The van der Waals surface area contributed by atoms with Gasteiger partial charge >= 0.3 is 19.8 Å². The number of aliphatic hydroxyl groups is 3. The molecule has 0 saturated carbocycles. The number of carbonyl (C=O) groups is 3. The SMILES string of the molecule is CCCCC/C=C\C/C=C\CCCCCCCCCC(=O)OC[C@H](COP(=O)(O)OC[C@@H](O)CO)OC(=O)CCC/C=C\C[C@H]1C=CC(=O)[C@@H]1/C=C/[C@@H](O)CCCCC. The number of phosphoric ester groups is 1. The van der Waals surface area contributed by atoms with Crippen LogP contribution >= 0.6 is 7.82 Å². The van der Waals surface area contributed by atoms with E-state index < -0.39 is 57.9 Å². The Morgan fingerprint density at radius 2 is 1.34 bits per heavy atom. The van der Waals surface area contributed by atoms with Crippen LogP contribution in [0.25, 0.3) is 0 Å². The van der Waals surface area contributed by atoms with E-state index >= 15 is 0 Å². The highest BCUT2D eigenvalue weighted by Gasteiger charge is 2.28. The first kappa shape index (κ1) is 54.3. The van der Waals surface area contributed by atoms with Crippen LogP contribution in [0.3, 0.4) is 0 Å². The summed E-state index contributed by atoms with van der Waals surface area (Å²) in [4.78, 5) is 47.6. The number of ether oxygens (including phenoxy) is 2. The first-order valence-electron chi connectivity index (χ1n) is 22.3. The first-order valence-corrected chi connectivity index (χ1v) is 23.8. The van der Waals surface area contributed by atoms with Gasteiger partial charge in [0.15, 0.2) is 11.9 Å². The van der Waals surface area contributed by atoms with Crippen molar-refractivity contribution in [1.29, 1.82) is 0 Å². The quantitative estimate of drug-likeness (QED) is 0.0200. The molecule has 0 bridgehead atoms. The summed E-state index contributed by atoms with van der Waals surface area (Å²) in [5, 5.41) is 28.6. The summed E-state index contributed by atoms with van der Waals surface area (Å²) < 4.78 is 32.7. The van der Waals surface area contributed by atoms with Crippen molar-refractivity contribution < 1.29 is 57.7 Å². The Labute approximate surface area is 354 Å². The van der Waals surface area contributed by atoms with Crippen LogP contribution in [0, 0.1) is 11.8 Å². The molecule has 1 aliphatic carbocycles. The fraction of sp³-hybridized carbons (Fsp3) is 0.717. The summed E-state index contributed by atoms with van der Waals surface area (Å²) in [6.45, 7) is 2.01. The Morgan fingerprint density at radius 1 is 0.746 bits per heavy atom. The third kappa shape index (κ3) is 30.9. The van der Waals surface area contributed by atoms with Gasteiger partial charge in [0.05, 0.1) is 25.9 Å².